The Balaban J connectivity index is 2.71. The Kier molecular flexibility index (Phi) is 2.31. The fraction of sp³-hybridized carbons (Fsp3) is 0.375. The Morgan fingerprint density at radius 3 is 2.91 bits per heavy atom. The van der Waals surface area contributed by atoms with Crippen LogP contribution >= 0.6 is 0 Å². The van der Waals surface area contributed by atoms with Gasteiger partial charge in [-0.1, -0.05) is 0 Å². The van der Waals surface area contributed by atoms with Crippen LogP contribution in [0.2, 0.25) is 0 Å². The maximum atomic E-state index is 5.53. The molecule has 0 atom stereocenters. The molecule has 0 spiro atoms. The molecule has 0 aliphatic carbocycles. The Bertz CT molecular complexity index is 213. The van der Waals surface area contributed by atoms with Gasteiger partial charge in [-0.25, -0.2) is 0 Å². The number of nitrogens with zero attached hydrogens (tertiary/aromatic N) is 2. The van der Waals surface area contributed by atoms with Crippen molar-refractivity contribution in [3.8, 4) is 0 Å². The molecule has 11 heavy (non-hydrogen) atoms. The van der Waals surface area contributed by atoms with Gasteiger partial charge in [-0.3, -0.25) is 5.01 Å². The third-order valence-corrected chi connectivity index (χ3v) is 1.40. The molecule has 0 saturated carbocycles. The van der Waals surface area contributed by atoms with Crippen molar-refractivity contribution in [3.63, 3.8) is 0 Å². The van der Waals surface area contributed by atoms with E-state index in [2.05, 4.69) is 18.9 Å². The summed E-state index contributed by atoms with van der Waals surface area (Å²) in [5.41, 5.74) is 6.22. The van der Waals surface area contributed by atoms with E-state index in [0.29, 0.717) is 11.7 Å². The molecule has 2 N–H and O–H groups in total. The lowest BCUT2D eigenvalue weighted by Gasteiger charge is -2.17. The molecule has 1 aliphatic heterocycles. The summed E-state index contributed by atoms with van der Waals surface area (Å²) in [6.45, 7) is 4.15. The van der Waals surface area contributed by atoms with Crippen LogP contribution in [-0.4, -0.2) is 17.3 Å². The van der Waals surface area contributed by atoms with Crippen molar-refractivity contribution in [2.75, 3.05) is 0 Å². The minimum atomic E-state index is 0.377. The molecule has 0 bridgehead atoms. The first-order chi connectivity index (χ1) is 5.20. The molecule has 0 fully saturated rings. The lowest BCUT2D eigenvalue weighted by molar-refractivity contribution is 0.330. The molecule has 1 aliphatic rings. The Hall–Kier alpha value is -1.25. The normalized spacial score (nSPS) is 17.0. The fourth-order valence-electron chi connectivity index (χ4n) is 0.763. The zero-order valence-electron chi connectivity index (χ0n) is 6.86. The predicted molar refractivity (Wildman–Crippen MR) is 46.9 cm³/mol. The van der Waals surface area contributed by atoms with Gasteiger partial charge in [0, 0.05) is 12.2 Å². The first kappa shape index (κ1) is 7.85. The minimum Gasteiger partial charge on any atom is -0.397 e. The van der Waals surface area contributed by atoms with E-state index in [0.717, 1.165) is 0 Å². The lowest BCUT2D eigenvalue weighted by atomic mass is 10.4. The summed E-state index contributed by atoms with van der Waals surface area (Å²) >= 11 is 0. The van der Waals surface area contributed by atoms with Gasteiger partial charge < -0.3 is 5.73 Å². The van der Waals surface area contributed by atoms with E-state index in [1.807, 2.05) is 23.4 Å². The van der Waals surface area contributed by atoms with Crippen molar-refractivity contribution >= 4 is 6.21 Å². The number of rotatable bonds is 1. The Labute approximate surface area is 66.9 Å². The van der Waals surface area contributed by atoms with Crippen LogP contribution in [0.5, 0.6) is 0 Å². The Morgan fingerprint density at radius 1 is 1.55 bits per heavy atom. The van der Waals surface area contributed by atoms with E-state index in [9.17, 15) is 0 Å². The summed E-state index contributed by atoms with van der Waals surface area (Å²) in [6.07, 6.45) is 7.27. The van der Waals surface area contributed by atoms with Gasteiger partial charge in [0.25, 0.3) is 0 Å². The van der Waals surface area contributed by atoms with Gasteiger partial charge in [-0.05, 0) is 26.0 Å². The second-order valence-electron chi connectivity index (χ2n) is 2.73. The van der Waals surface area contributed by atoms with Gasteiger partial charge in [0.1, 0.15) is 0 Å². The van der Waals surface area contributed by atoms with E-state index in [4.69, 9.17) is 5.73 Å². The van der Waals surface area contributed by atoms with Crippen LogP contribution < -0.4 is 5.73 Å². The van der Waals surface area contributed by atoms with Crippen molar-refractivity contribution in [2.24, 2.45) is 10.8 Å². The second kappa shape index (κ2) is 3.23. The maximum Gasteiger partial charge on any atom is 0.0704 e. The number of hydrazone groups is 1. The molecule has 3 nitrogen and oxygen atoms in total. The van der Waals surface area contributed by atoms with Crippen molar-refractivity contribution in [1.82, 2.24) is 5.01 Å². The minimum absolute atomic E-state index is 0.377. The average Bonchev–Trinajstić information content (AvgIpc) is 2.13. The van der Waals surface area contributed by atoms with Gasteiger partial charge in [0.2, 0.25) is 0 Å². The van der Waals surface area contributed by atoms with Gasteiger partial charge in [0.15, 0.2) is 0 Å². The highest BCUT2D eigenvalue weighted by atomic mass is 15.4. The molecule has 0 radical (unpaired) electrons. The monoisotopic (exact) mass is 151 g/mol. The van der Waals surface area contributed by atoms with E-state index < -0.39 is 0 Å². The number of hydrogen-bond donors (Lipinski definition) is 1. The average molecular weight is 151 g/mol. The third-order valence-electron chi connectivity index (χ3n) is 1.40. The van der Waals surface area contributed by atoms with Crippen molar-refractivity contribution in [2.45, 2.75) is 19.9 Å². The van der Waals surface area contributed by atoms with E-state index in [1.165, 1.54) is 0 Å². The van der Waals surface area contributed by atoms with E-state index >= 15 is 0 Å². The smallest absolute Gasteiger partial charge is 0.0704 e. The molecule has 60 valence electrons. The zero-order valence-corrected chi connectivity index (χ0v) is 6.86. The van der Waals surface area contributed by atoms with Crippen molar-refractivity contribution in [1.29, 1.82) is 0 Å². The first-order valence-corrected chi connectivity index (χ1v) is 3.66. The van der Waals surface area contributed by atoms with Crippen LogP contribution in [0.15, 0.2) is 29.2 Å². The Morgan fingerprint density at radius 2 is 2.27 bits per heavy atom. The van der Waals surface area contributed by atoms with Crippen LogP contribution in [0, 0.1) is 0 Å². The summed E-state index contributed by atoms with van der Waals surface area (Å²) in [4.78, 5) is 0. The number of allylic oxidation sites excluding steroid dienone is 3. The van der Waals surface area contributed by atoms with E-state index in [1.54, 1.807) is 6.21 Å². The first-order valence-electron chi connectivity index (χ1n) is 3.66. The van der Waals surface area contributed by atoms with Gasteiger partial charge in [0.05, 0.1) is 11.9 Å². The molecule has 1 heterocycles. The molecule has 3 heteroatoms. The molecular formula is C8H13N3. The molecule has 1 rings (SSSR count). The second-order valence-corrected chi connectivity index (χ2v) is 2.73. The summed E-state index contributed by atoms with van der Waals surface area (Å²) in [6, 6.07) is 0.377. The fourth-order valence-corrected chi connectivity index (χ4v) is 0.763. The van der Waals surface area contributed by atoms with Crippen molar-refractivity contribution < 1.29 is 0 Å². The molecule has 0 aromatic heterocycles. The predicted octanol–water partition coefficient (Wildman–Crippen LogP) is 1.05. The van der Waals surface area contributed by atoms with Gasteiger partial charge in [-0.15, -0.1) is 0 Å². The summed E-state index contributed by atoms with van der Waals surface area (Å²) in [7, 11) is 0. The van der Waals surface area contributed by atoms with Crippen LogP contribution in [0.25, 0.3) is 0 Å². The quantitative estimate of drug-likeness (QED) is 0.608. The zero-order chi connectivity index (χ0) is 8.27. The molecule has 0 unspecified atom stereocenters. The SMILES string of the molecule is CC(C)N1C=CC=C(N)C=N1. The van der Waals surface area contributed by atoms with Gasteiger partial charge in [-0.2, -0.15) is 5.10 Å². The number of hydrogen-bond acceptors (Lipinski definition) is 3. The summed E-state index contributed by atoms with van der Waals surface area (Å²) in [5, 5.41) is 5.99. The molecular weight excluding hydrogens is 138 g/mol. The highest BCUT2D eigenvalue weighted by Gasteiger charge is 2.01. The largest absolute Gasteiger partial charge is 0.397 e. The van der Waals surface area contributed by atoms with Gasteiger partial charge >= 0.3 is 0 Å². The molecule has 0 aromatic carbocycles. The lowest BCUT2D eigenvalue weighted by Crippen LogP contribution is -2.19. The molecule has 0 amide bonds. The summed E-state index contributed by atoms with van der Waals surface area (Å²) in [5.74, 6) is 0. The maximum absolute atomic E-state index is 5.53. The van der Waals surface area contributed by atoms with Crippen LogP contribution in [0.1, 0.15) is 13.8 Å². The summed E-state index contributed by atoms with van der Waals surface area (Å²) < 4.78 is 0. The van der Waals surface area contributed by atoms with Crippen LogP contribution in [-0.2, 0) is 0 Å². The third kappa shape index (κ3) is 2.11. The highest BCUT2D eigenvalue weighted by molar-refractivity contribution is 5.77. The topological polar surface area (TPSA) is 41.6 Å². The van der Waals surface area contributed by atoms with E-state index in [-0.39, 0.29) is 0 Å². The number of nitrogens with two attached hydrogens (primary N) is 1. The van der Waals surface area contributed by atoms with Crippen molar-refractivity contribution in [3.05, 3.63) is 24.0 Å². The standard InChI is InChI=1S/C8H13N3/c1-7(2)11-5-3-4-8(9)6-10-11/h3-7H,9H2,1-2H3. The van der Waals surface area contributed by atoms with Crippen LogP contribution in [0.3, 0.4) is 0 Å². The molecule has 0 saturated heterocycles. The highest BCUT2D eigenvalue weighted by Crippen LogP contribution is 2.02. The molecule has 0 aromatic rings. The van der Waals surface area contributed by atoms with Crippen LogP contribution in [0.4, 0.5) is 0 Å².